The predicted molar refractivity (Wildman–Crippen MR) is 148 cm³/mol. The molecule has 39 heavy (non-hydrogen) atoms. The van der Waals surface area contributed by atoms with Crippen molar-refractivity contribution >= 4 is 34.5 Å². The second kappa shape index (κ2) is 10.5. The Kier molecular flexibility index (Phi) is 7.14. The summed E-state index contributed by atoms with van der Waals surface area (Å²) in [7, 11) is 4.34. The second-order valence-electron chi connectivity index (χ2n) is 9.21. The molecule has 0 saturated heterocycles. The number of hydrogen-bond donors (Lipinski definition) is 0. The maximum atomic E-state index is 14.2. The molecule has 1 atom stereocenters. The Morgan fingerprint density at radius 2 is 1.79 bits per heavy atom. The number of unbranched alkanes of at least 4 members (excludes halogenated alkanes) is 1. The van der Waals surface area contributed by atoms with Gasteiger partial charge < -0.3 is 19.1 Å². The van der Waals surface area contributed by atoms with Crippen molar-refractivity contribution < 1.29 is 23.8 Å². The summed E-state index contributed by atoms with van der Waals surface area (Å²) < 4.78 is 17.7. The Hall–Kier alpha value is -4.18. The Bertz CT molecular complexity index is 1700. The minimum absolute atomic E-state index is 0.207. The lowest BCUT2D eigenvalue weighted by molar-refractivity contribution is -0.136. The van der Waals surface area contributed by atoms with Crippen LogP contribution in [0.5, 0.6) is 11.5 Å². The quantitative estimate of drug-likeness (QED) is 0.422. The minimum Gasteiger partial charge on any atom is -0.493 e. The molecule has 2 aliphatic rings. The van der Waals surface area contributed by atoms with Gasteiger partial charge in [0.1, 0.15) is 4.53 Å². The van der Waals surface area contributed by atoms with E-state index in [1.165, 1.54) is 25.9 Å². The van der Waals surface area contributed by atoms with Gasteiger partial charge in [0, 0.05) is 12.1 Å². The zero-order chi connectivity index (χ0) is 27.8. The van der Waals surface area contributed by atoms with Crippen molar-refractivity contribution in [3.05, 3.63) is 84.5 Å². The van der Waals surface area contributed by atoms with Gasteiger partial charge in [0.2, 0.25) is 0 Å². The number of allylic oxidation sites excluding steroid dienone is 1. The highest BCUT2D eigenvalue weighted by Crippen LogP contribution is 2.37. The third kappa shape index (κ3) is 4.24. The van der Waals surface area contributed by atoms with E-state index in [0.29, 0.717) is 39.7 Å². The van der Waals surface area contributed by atoms with E-state index >= 15 is 0 Å². The van der Waals surface area contributed by atoms with Gasteiger partial charge in [-0.05, 0) is 37.1 Å². The number of nitrogens with zero attached hydrogens (tertiary/aromatic N) is 3. The molecule has 5 rings (SSSR count). The molecule has 0 bridgehead atoms. The molecule has 2 aliphatic heterocycles. The van der Waals surface area contributed by atoms with Crippen molar-refractivity contribution in [1.82, 2.24) is 4.57 Å². The van der Waals surface area contributed by atoms with E-state index in [1.54, 1.807) is 30.0 Å². The van der Waals surface area contributed by atoms with Gasteiger partial charge in [0.15, 0.2) is 16.3 Å². The van der Waals surface area contributed by atoms with Crippen LogP contribution >= 0.6 is 11.3 Å². The monoisotopic (exact) mass is 547 g/mol. The van der Waals surface area contributed by atoms with Crippen LogP contribution in [0.3, 0.4) is 0 Å². The lowest BCUT2D eigenvalue weighted by atomic mass is 9.95. The molecule has 0 N–H and O–H groups in total. The number of anilines is 1. The second-order valence-corrected chi connectivity index (χ2v) is 10.2. The van der Waals surface area contributed by atoms with E-state index in [9.17, 15) is 14.4 Å². The van der Waals surface area contributed by atoms with Gasteiger partial charge in [-0.1, -0.05) is 48.9 Å². The van der Waals surface area contributed by atoms with Crippen molar-refractivity contribution in [2.75, 3.05) is 32.8 Å². The summed E-state index contributed by atoms with van der Waals surface area (Å²) in [4.78, 5) is 47.7. The molecule has 2 aromatic carbocycles. The van der Waals surface area contributed by atoms with Crippen LogP contribution in [0.1, 0.15) is 43.9 Å². The number of para-hydroxylation sites is 1. The number of aromatic nitrogens is 1. The first-order valence-electron chi connectivity index (χ1n) is 12.6. The summed E-state index contributed by atoms with van der Waals surface area (Å²) in [6.07, 6.45) is 1.78. The van der Waals surface area contributed by atoms with Gasteiger partial charge in [-0.2, -0.15) is 0 Å². The van der Waals surface area contributed by atoms with E-state index in [0.717, 1.165) is 35.4 Å². The van der Waals surface area contributed by atoms with E-state index in [4.69, 9.17) is 14.2 Å². The zero-order valence-electron chi connectivity index (χ0n) is 22.4. The first-order chi connectivity index (χ1) is 18.9. The molecular formula is C29H29N3O6S. The minimum atomic E-state index is -0.842. The first kappa shape index (κ1) is 26.4. The standard InChI is InChI=1S/C29H29N3O6S/c1-6-7-14-31-19-11-9-8-10-18(19)23(26(31)33)25-27(34)32-24(17-12-13-20(36-3)21(15-17)37-4)22(28(35)38-5)16(2)30-29(32)39-25/h8-13,15,24H,6-7,14H2,1-5H3/b25-23-/t24-/m0/s1. The van der Waals surface area contributed by atoms with Crippen molar-refractivity contribution in [1.29, 1.82) is 0 Å². The van der Waals surface area contributed by atoms with Crippen LogP contribution in [-0.4, -0.2) is 44.3 Å². The molecule has 202 valence electrons. The van der Waals surface area contributed by atoms with Crippen molar-refractivity contribution in [2.45, 2.75) is 32.7 Å². The summed E-state index contributed by atoms with van der Waals surface area (Å²) in [6.45, 7) is 4.35. The molecule has 0 aliphatic carbocycles. The van der Waals surface area contributed by atoms with Crippen LogP contribution in [0, 0.1) is 0 Å². The van der Waals surface area contributed by atoms with Crippen LogP contribution in [-0.2, 0) is 14.3 Å². The van der Waals surface area contributed by atoms with Crippen LogP contribution in [0.4, 0.5) is 5.69 Å². The third-order valence-electron chi connectivity index (χ3n) is 7.01. The summed E-state index contributed by atoms with van der Waals surface area (Å²) in [5.74, 6) is 0.158. The summed E-state index contributed by atoms with van der Waals surface area (Å²) in [6, 6.07) is 11.9. The van der Waals surface area contributed by atoms with Crippen molar-refractivity contribution in [2.24, 2.45) is 4.99 Å². The molecule has 0 unspecified atom stereocenters. The van der Waals surface area contributed by atoms with Gasteiger partial charge in [-0.25, -0.2) is 9.79 Å². The molecule has 10 heteroatoms. The highest BCUT2D eigenvalue weighted by atomic mass is 32.1. The summed E-state index contributed by atoms with van der Waals surface area (Å²) in [5.41, 5.74) is 2.75. The molecule has 1 aromatic heterocycles. The number of carbonyl (C=O) groups excluding carboxylic acids is 2. The number of methoxy groups -OCH3 is 3. The lowest BCUT2D eigenvalue weighted by Crippen LogP contribution is -2.41. The van der Waals surface area contributed by atoms with Gasteiger partial charge in [-0.15, -0.1) is 0 Å². The molecular weight excluding hydrogens is 518 g/mol. The maximum Gasteiger partial charge on any atom is 0.338 e. The third-order valence-corrected chi connectivity index (χ3v) is 8.06. The van der Waals surface area contributed by atoms with E-state index in [1.807, 2.05) is 24.3 Å². The summed E-state index contributed by atoms with van der Waals surface area (Å²) in [5, 5.41) is 0. The number of ether oxygens (including phenoxy) is 3. The SMILES string of the molecule is CCCCN1C(=O)/C(=c2\sc3n(c2=O)[C@@H](c2ccc(OC)c(OC)c2)C(C(=O)OC)=C(C)N=3)c2ccccc21. The van der Waals surface area contributed by atoms with Gasteiger partial charge in [0.25, 0.3) is 11.5 Å². The molecule has 0 radical (unpaired) electrons. The maximum absolute atomic E-state index is 14.2. The van der Waals surface area contributed by atoms with Crippen LogP contribution in [0.25, 0.3) is 5.57 Å². The number of fused-ring (bicyclic) bond motifs is 2. The lowest BCUT2D eigenvalue weighted by Gasteiger charge is -2.25. The fourth-order valence-corrected chi connectivity index (χ4v) is 6.26. The smallest absolute Gasteiger partial charge is 0.338 e. The van der Waals surface area contributed by atoms with E-state index in [-0.39, 0.29) is 16.0 Å². The Morgan fingerprint density at radius 1 is 1.05 bits per heavy atom. The number of carbonyl (C=O) groups is 2. The predicted octanol–water partition coefficient (Wildman–Crippen LogP) is 2.94. The molecule has 0 fully saturated rings. The molecule has 1 amide bonds. The highest BCUT2D eigenvalue weighted by Gasteiger charge is 2.37. The topological polar surface area (TPSA) is 99.4 Å². The van der Waals surface area contributed by atoms with Gasteiger partial charge in [0.05, 0.1) is 49.9 Å². The number of rotatable bonds is 7. The molecule has 3 heterocycles. The number of hydrogen-bond acceptors (Lipinski definition) is 8. The normalized spacial score (nSPS) is 17.5. The van der Waals surface area contributed by atoms with Crippen molar-refractivity contribution in [3.63, 3.8) is 0 Å². The zero-order valence-corrected chi connectivity index (χ0v) is 23.3. The number of benzene rings is 2. The van der Waals surface area contributed by atoms with E-state index in [2.05, 4.69) is 11.9 Å². The van der Waals surface area contributed by atoms with Crippen molar-refractivity contribution in [3.8, 4) is 11.5 Å². The Balaban J connectivity index is 1.80. The average molecular weight is 548 g/mol. The number of amides is 1. The number of thiazole rings is 1. The van der Waals surface area contributed by atoms with E-state index < -0.39 is 17.6 Å². The van der Waals surface area contributed by atoms with Crippen LogP contribution in [0.15, 0.2) is 63.5 Å². The van der Waals surface area contributed by atoms with Crippen LogP contribution in [0.2, 0.25) is 0 Å². The van der Waals surface area contributed by atoms with Gasteiger partial charge in [-0.3, -0.25) is 14.2 Å². The highest BCUT2D eigenvalue weighted by molar-refractivity contribution is 7.07. The molecule has 0 spiro atoms. The van der Waals surface area contributed by atoms with Crippen LogP contribution < -0.4 is 29.3 Å². The molecule has 3 aromatic rings. The first-order valence-corrected chi connectivity index (χ1v) is 13.4. The van der Waals surface area contributed by atoms with Gasteiger partial charge >= 0.3 is 5.97 Å². The molecule has 9 nitrogen and oxygen atoms in total. The average Bonchev–Trinajstić information content (AvgIpc) is 3.42. The molecule has 0 saturated carbocycles. The fraction of sp³-hybridized carbons (Fsp3) is 0.310. The number of esters is 1. The fourth-order valence-electron chi connectivity index (χ4n) is 5.12. The summed E-state index contributed by atoms with van der Waals surface area (Å²) >= 11 is 1.15. The largest absolute Gasteiger partial charge is 0.493 e. The Morgan fingerprint density at radius 3 is 2.49 bits per heavy atom. The Labute approximate surface area is 229 Å².